The first-order valence-electron chi connectivity index (χ1n) is 4.75. The number of hydrogen-bond donors (Lipinski definition) is 0. The molecule has 1 aromatic carbocycles. The third-order valence-electron chi connectivity index (χ3n) is 2.00. The zero-order chi connectivity index (χ0) is 10.7. The summed E-state index contributed by atoms with van der Waals surface area (Å²) in [6, 6.07) is 7.48. The minimum absolute atomic E-state index is 0.106. The molecule has 2 rings (SSSR count). The number of para-hydroxylation sites is 1. The number of esters is 1. The first kappa shape index (κ1) is 9.64. The lowest BCUT2D eigenvalue weighted by atomic mass is 10.3. The molecule has 0 fully saturated rings. The second kappa shape index (κ2) is 4.08. The van der Waals surface area contributed by atoms with Crippen LogP contribution in [-0.2, 0) is 16.1 Å². The first-order chi connectivity index (χ1) is 7.31. The predicted octanol–water partition coefficient (Wildman–Crippen LogP) is 0.994. The summed E-state index contributed by atoms with van der Waals surface area (Å²) in [5.74, 6) is -0.298. The number of hydrogen-bond acceptors (Lipinski definition) is 4. The number of nitrogens with zero attached hydrogens (tertiary/aromatic N) is 3. The molecule has 78 valence electrons. The van der Waals surface area contributed by atoms with E-state index in [2.05, 4.69) is 10.3 Å². The molecular formula is C10H11N3O2. The standard InChI is InChI=1S/C10H11N3O2/c1-2-15-10(14)7-13-9-6-4-3-5-8(9)11-12-13/h3-6H,2,7H2,1H3. The Morgan fingerprint density at radius 2 is 2.27 bits per heavy atom. The van der Waals surface area contributed by atoms with Gasteiger partial charge < -0.3 is 4.74 Å². The van der Waals surface area contributed by atoms with Gasteiger partial charge in [0.1, 0.15) is 12.1 Å². The van der Waals surface area contributed by atoms with E-state index in [1.54, 1.807) is 6.92 Å². The van der Waals surface area contributed by atoms with Gasteiger partial charge in [0.2, 0.25) is 0 Å². The van der Waals surface area contributed by atoms with Crippen LogP contribution in [0, 0.1) is 0 Å². The van der Waals surface area contributed by atoms with Gasteiger partial charge in [0.25, 0.3) is 0 Å². The number of aromatic nitrogens is 3. The number of carbonyl (C=O) groups is 1. The van der Waals surface area contributed by atoms with Crippen molar-refractivity contribution in [2.24, 2.45) is 0 Å². The molecule has 0 aliphatic carbocycles. The smallest absolute Gasteiger partial charge is 0.327 e. The molecule has 0 atom stereocenters. The lowest BCUT2D eigenvalue weighted by molar-refractivity contribution is -0.143. The van der Waals surface area contributed by atoms with Crippen LogP contribution >= 0.6 is 0 Å². The molecule has 0 bridgehead atoms. The van der Waals surface area contributed by atoms with E-state index in [0.29, 0.717) is 6.61 Å². The zero-order valence-electron chi connectivity index (χ0n) is 8.38. The van der Waals surface area contributed by atoms with Gasteiger partial charge in [0.05, 0.1) is 12.1 Å². The van der Waals surface area contributed by atoms with Crippen LogP contribution in [0.2, 0.25) is 0 Å². The minimum atomic E-state index is -0.298. The molecule has 5 heteroatoms. The predicted molar refractivity (Wildman–Crippen MR) is 54.2 cm³/mol. The molecule has 5 nitrogen and oxygen atoms in total. The number of benzene rings is 1. The Labute approximate surface area is 86.6 Å². The number of fused-ring (bicyclic) bond motifs is 1. The Morgan fingerprint density at radius 3 is 3.07 bits per heavy atom. The van der Waals surface area contributed by atoms with Crippen LogP contribution in [0.1, 0.15) is 6.92 Å². The van der Waals surface area contributed by atoms with Crippen LogP contribution in [0.15, 0.2) is 24.3 Å². The van der Waals surface area contributed by atoms with Crippen molar-refractivity contribution >= 4 is 17.0 Å². The normalized spacial score (nSPS) is 10.5. The Morgan fingerprint density at radius 1 is 1.47 bits per heavy atom. The van der Waals surface area contributed by atoms with E-state index < -0.39 is 0 Å². The second-order valence-corrected chi connectivity index (χ2v) is 3.04. The molecule has 0 aliphatic heterocycles. The lowest BCUT2D eigenvalue weighted by Crippen LogP contribution is -2.14. The fraction of sp³-hybridized carbons (Fsp3) is 0.300. The van der Waals surface area contributed by atoms with Gasteiger partial charge in [0, 0.05) is 0 Å². The average Bonchev–Trinajstić information content (AvgIpc) is 2.62. The van der Waals surface area contributed by atoms with Crippen LogP contribution in [0.3, 0.4) is 0 Å². The maximum Gasteiger partial charge on any atom is 0.327 e. The Bertz CT molecular complexity index is 478. The van der Waals surface area contributed by atoms with E-state index in [1.165, 1.54) is 4.68 Å². The van der Waals surface area contributed by atoms with Crippen molar-refractivity contribution in [3.05, 3.63) is 24.3 Å². The molecule has 0 spiro atoms. The molecule has 2 aromatic rings. The molecule has 15 heavy (non-hydrogen) atoms. The quantitative estimate of drug-likeness (QED) is 0.701. The molecule has 1 aromatic heterocycles. The minimum Gasteiger partial charge on any atom is -0.465 e. The van der Waals surface area contributed by atoms with E-state index in [-0.39, 0.29) is 12.5 Å². The van der Waals surface area contributed by atoms with Gasteiger partial charge in [-0.2, -0.15) is 0 Å². The van der Waals surface area contributed by atoms with Crippen LogP contribution < -0.4 is 0 Å². The van der Waals surface area contributed by atoms with Crippen molar-refractivity contribution in [1.82, 2.24) is 15.0 Å². The van der Waals surface area contributed by atoms with E-state index in [4.69, 9.17) is 4.74 Å². The largest absolute Gasteiger partial charge is 0.465 e. The maximum atomic E-state index is 11.2. The van der Waals surface area contributed by atoms with Crippen molar-refractivity contribution in [3.63, 3.8) is 0 Å². The molecule has 0 unspecified atom stereocenters. The average molecular weight is 205 g/mol. The van der Waals surface area contributed by atoms with Crippen molar-refractivity contribution < 1.29 is 9.53 Å². The molecule has 0 saturated heterocycles. The highest BCUT2D eigenvalue weighted by Gasteiger charge is 2.08. The summed E-state index contributed by atoms with van der Waals surface area (Å²) < 4.78 is 6.37. The van der Waals surface area contributed by atoms with Crippen molar-refractivity contribution in [2.75, 3.05) is 6.61 Å². The molecule has 0 N–H and O–H groups in total. The number of rotatable bonds is 3. The SMILES string of the molecule is CCOC(=O)Cn1nnc2ccccc21. The number of ether oxygens (including phenoxy) is 1. The lowest BCUT2D eigenvalue weighted by Gasteiger charge is -2.01. The molecule has 0 saturated carbocycles. The molecule has 0 radical (unpaired) electrons. The van der Waals surface area contributed by atoms with Gasteiger partial charge in [-0.3, -0.25) is 4.79 Å². The van der Waals surface area contributed by atoms with Gasteiger partial charge in [0.15, 0.2) is 0 Å². The Kier molecular flexibility index (Phi) is 2.62. The van der Waals surface area contributed by atoms with Gasteiger partial charge in [-0.25, -0.2) is 4.68 Å². The summed E-state index contributed by atoms with van der Waals surface area (Å²) in [4.78, 5) is 11.2. The van der Waals surface area contributed by atoms with Gasteiger partial charge in [-0.05, 0) is 19.1 Å². The van der Waals surface area contributed by atoms with Crippen LogP contribution in [0.5, 0.6) is 0 Å². The highest BCUT2D eigenvalue weighted by Crippen LogP contribution is 2.09. The highest BCUT2D eigenvalue weighted by molar-refractivity contribution is 5.76. The van der Waals surface area contributed by atoms with Gasteiger partial charge in [-0.15, -0.1) is 5.10 Å². The summed E-state index contributed by atoms with van der Waals surface area (Å²) in [6.45, 7) is 2.26. The third-order valence-corrected chi connectivity index (χ3v) is 2.00. The fourth-order valence-corrected chi connectivity index (χ4v) is 1.36. The monoisotopic (exact) mass is 205 g/mol. The van der Waals surface area contributed by atoms with Gasteiger partial charge >= 0.3 is 5.97 Å². The molecule has 1 heterocycles. The highest BCUT2D eigenvalue weighted by atomic mass is 16.5. The van der Waals surface area contributed by atoms with Crippen LogP contribution in [-0.4, -0.2) is 27.6 Å². The van der Waals surface area contributed by atoms with Crippen molar-refractivity contribution in [3.8, 4) is 0 Å². The van der Waals surface area contributed by atoms with E-state index in [0.717, 1.165) is 11.0 Å². The third kappa shape index (κ3) is 1.96. The summed E-state index contributed by atoms with van der Waals surface area (Å²) in [5.41, 5.74) is 1.62. The van der Waals surface area contributed by atoms with Crippen LogP contribution in [0.4, 0.5) is 0 Å². The second-order valence-electron chi connectivity index (χ2n) is 3.04. The summed E-state index contributed by atoms with van der Waals surface area (Å²) in [5, 5.41) is 7.82. The summed E-state index contributed by atoms with van der Waals surface area (Å²) in [6.07, 6.45) is 0. The van der Waals surface area contributed by atoms with Crippen LogP contribution in [0.25, 0.3) is 11.0 Å². The maximum absolute atomic E-state index is 11.2. The molecule has 0 amide bonds. The van der Waals surface area contributed by atoms with E-state index >= 15 is 0 Å². The Hall–Kier alpha value is -1.91. The zero-order valence-corrected chi connectivity index (χ0v) is 8.38. The number of carbonyl (C=O) groups excluding carboxylic acids is 1. The van der Waals surface area contributed by atoms with Crippen molar-refractivity contribution in [1.29, 1.82) is 0 Å². The van der Waals surface area contributed by atoms with E-state index in [9.17, 15) is 4.79 Å². The fourth-order valence-electron chi connectivity index (χ4n) is 1.36. The molecular weight excluding hydrogens is 194 g/mol. The first-order valence-corrected chi connectivity index (χ1v) is 4.75. The summed E-state index contributed by atoms with van der Waals surface area (Å²) >= 11 is 0. The van der Waals surface area contributed by atoms with Crippen molar-refractivity contribution in [2.45, 2.75) is 13.5 Å². The van der Waals surface area contributed by atoms with E-state index in [1.807, 2.05) is 24.3 Å². The summed E-state index contributed by atoms with van der Waals surface area (Å²) in [7, 11) is 0. The topological polar surface area (TPSA) is 57.0 Å². The Balaban J connectivity index is 2.25. The van der Waals surface area contributed by atoms with Gasteiger partial charge in [-0.1, -0.05) is 17.3 Å². The molecule has 0 aliphatic rings.